The molecule has 21 heavy (non-hydrogen) atoms. The van der Waals surface area contributed by atoms with E-state index >= 15 is 0 Å². The first-order valence-electron chi connectivity index (χ1n) is 7.30. The third-order valence-electron chi connectivity index (χ3n) is 3.86. The molecule has 0 aromatic heterocycles. The number of nitriles is 1. The second-order valence-electron chi connectivity index (χ2n) is 5.32. The van der Waals surface area contributed by atoms with Crippen molar-refractivity contribution in [3.8, 4) is 22.9 Å². The Morgan fingerprint density at radius 2 is 1.86 bits per heavy atom. The fourth-order valence-corrected chi connectivity index (χ4v) is 2.69. The molecule has 3 rings (SSSR count). The first kappa shape index (κ1) is 13.7. The number of nitrogens with one attached hydrogen (secondary N) is 1. The van der Waals surface area contributed by atoms with Gasteiger partial charge in [0.25, 0.3) is 0 Å². The van der Waals surface area contributed by atoms with E-state index in [9.17, 15) is 5.26 Å². The fraction of sp³-hybridized carbons (Fsp3) is 0.278. The highest BCUT2D eigenvalue weighted by Gasteiger charge is 2.16. The van der Waals surface area contributed by atoms with Crippen molar-refractivity contribution in [2.45, 2.75) is 6.42 Å². The molecular weight excluding hydrogens is 260 g/mol. The lowest BCUT2D eigenvalue weighted by Crippen LogP contribution is -2.15. The zero-order valence-corrected chi connectivity index (χ0v) is 11.9. The van der Waals surface area contributed by atoms with Gasteiger partial charge in [-0.1, -0.05) is 36.4 Å². The van der Waals surface area contributed by atoms with Gasteiger partial charge in [-0.25, -0.2) is 0 Å². The molecule has 2 aromatic rings. The van der Waals surface area contributed by atoms with E-state index in [4.69, 9.17) is 4.74 Å². The van der Waals surface area contributed by atoms with Crippen molar-refractivity contribution in [3.05, 3.63) is 54.1 Å². The number of hydrogen-bond acceptors (Lipinski definition) is 3. The van der Waals surface area contributed by atoms with Gasteiger partial charge >= 0.3 is 0 Å². The van der Waals surface area contributed by atoms with E-state index in [0.29, 0.717) is 11.5 Å². The van der Waals surface area contributed by atoms with Crippen LogP contribution >= 0.6 is 0 Å². The van der Waals surface area contributed by atoms with E-state index in [1.54, 1.807) is 0 Å². The lowest BCUT2D eigenvalue weighted by Gasteiger charge is -2.15. The Balaban J connectivity index is 1.87. The zero-order chi connectivity index (χ0) is 14.5. The molecule has 0 bridgehead atoms. The molecule has 0 saturated carbocycles. The Morgan fingerprint density at radius 1 is 1.10 bits per heavy atom. The van der Waals surface area contributed by atoms with Crippen molar-refractivity contribution in [1.82, 2.24) is 5.32 Å². The predicted molar refractivity (Wildman–Crippen MR) is 83.1 cm³/mol. The summed E-state index contributed by atoms with van der Waals surface area (Å²) in [7, 11) is 0. The van der Waals surface area contributed by atoms with Gasteiger partial charge in [0.1, 0.15) is 5.75 Å². The lowest BCUT2D eigenvalue weighted by atomic mass is 9.99. The normalized spacial score (nSPS) is 17.4. The van der Waals surface area contributed by atoms with Gasteiger partial charge in [0.15, 0.2) is 0 Å². The molecule has 0 spiro atoms. The number of benzene rings is 2. The molecule has 106 valence electrons. The van der Waals surface area contributed by atoms with Crippen LogP contribution in [0.5, 0.6) is 5.75 Å². The smallest absolute Gasteiger partial charge is 0.127 e. The molecule has 1 heterocycles. The Bertz CT molecular complexity index is 654. The monoisotopic (exact) mass is 278 g/mol. The van der Waals surface area contributed by atoms with Gasteiger partial charge in [-0.3, -0.25) is 0 Å². The molecular formula is C18H18N2O. The van der Waals surface area contributed by atoms with E-state index < -0.39 is 0 Å². The van der Waals surface area contributed by atoms with Gasteiger partial charge in [-0.05, 0) is 25.1 Å². The van der Waals surface area contributed by atoms with Crippen molar-refractivity contribution in [2.24, 2.45) is 5.92 Å². The zero-order valence-electron chi connectivity index (χ0n) is 11.9. The van der Waals surface area contributed by atoms with Crippen LogP contribution in [0.2, 0.25) is 0 Å². The van der Waals surface area contributed by atoms with Crippen LogP contribution in [-0.2, 0) is 0 Å². The summed E-state index contributed by atoms with van der Waals surface area (Å²) >= 11 is 0. The van der Waals surface area contributed by atoms with E-state index in [2.05, 4.69) is 11.4 Å². The number of ether oxygens (including phenoxy) is 1. The van der Waals surface area contributed by atoms with E-state index in [-0.39, 0.29) is 0 Å². The fourth-order valence-electron chi connectivity index (χ4n) is 2.69. The van der Waals surface area contributed by atoms with Gasteiger partial charge in [0.05, 0.1) is 18.2 Å². The summed E-state index contributed by atoms with van der Waals surface area (Å²) in [5.74, 6) is 1.43. The Kier molecular flexibility index (Phi) is 4.18. The van der Waals surface area contributed by atoms with Crippen LogP contribution in [-0.4, -0.2) is 19.7 Å². The number of para-hydroxylation sites is 1. The standard InChI is InChI=1S/C18H18N2O/c19-11-15-5-1-2-6-16(15)17-7-3-4-8-18(17)21-13-14-9-10-20-12-14/h1-8,14,20H,9-10,12-13H2/t14-/m0/s1. The van der Waals surface area contributed by atoms with Crippen molar-refractivity contribution < 1.29 is 4.74 Å². The molecule has 1 saturated heterocycles. The molecule has 1 N–H and O–H groups in total. The lowest BCUT2D eigenvalue weighted by molar-refractivity contribution is 0.261. The molecule has 1 fully saturated rings. The average molecular weight is 278 g/mol. The quantitative estimate of drug-likeness (QED) is 0.934. The van der Waals surface area contributed by atoms with Crippen LogP contribution in [0, 0.1) is 17.2 Å². The highest BCUT2D eigenvalue weighted by molar-refractivity contribution is 5.75. The predicted octanol–water partition coefficient (Wildman–Crippen LogP) is 3.21. The minimum Gasteiger partial charge on any atom is -0.493 e. The topological polar surface area (TPSA) is 45.0 Å². The SMILES string of the molecule is N#Cc1ccccc1-c1ccccc1OC[C@H]1CCNC1. The third-order valence-corrected chi connectivity index (χ3v) is 3.86. The van der Waals surface area contributed by atoms with Gasteiger partial charge in [-0.15, -0.1) is 0 Å². The molecule has 0 aliphatic carbocycles. The number of hydrogen-bond donors (Lipinski definition) is 1. The van der Waals surface area contributed by atoms with Gasteiger partial charge < -0.3 is 10.1 Å². The molecule has 1 aliphatic heterocycles. The molecule has 0 radical (unpaired) electrons. The minimum absolute atomic E-state index is 0.573. The summed E-state index contributed by atoms with van der Waals surface area (Å²) in [4.78, 5) is 0. The number of rotatable bonds is 4. The van der Waals surface area contributed by atoms with E-state index in [0.717, 1.165) is 43.0 Å². The van der Waals surface area contributed by atoms with Crippen LogP contribution in [0.3, 0.4) is 0 Å². The minimum atomic E-state index is 0.573. The molecule has 1 aliphatic rings. The van der Waals surface area contributed by atoms with E-state index in [1.807, 2.05) is 48.5 Å². The molecule has 2 aromatic carbocycles. The molecule has 3 heteroatoms. The van der Waals surface area contributed by atoms with Gasteiger partial charge in [0.2, 0.25) is 0 Å². The summed E-state index contributed by atoms with van der Waals surface area (Å²) in [6, 6.07) is 17.8. The molecule has 3 nitrogen and oxygen atoms in total. The average Bonchev–Trinajstić information content (AvgIpc) is 3.06. The van der Waals surface area contributed by atoms with Crippen LogP contribution < -0.4 is 10.1 Å². The van der Waals surface area contributed by atoms with Crippen molar-refractivity contribution >= 4 is 0 Å². The second-order valence-corrected chi connectivity index (χ2v) is 5.32. The molecule has 0 amide bonds. The molecule has 1 atom stereocenters. The molecule has 0 unspecified atom stereocenters. The van der Waals surface area contributed by atoms with Crippen LogP contribution in [0.25, 0.3) is 11.1 Å². The van der Waals surface area contributed by atoms with Crippen molar-refractivity contribution in [3.63, 3.8) is 0 Å². The van der Waals surface area contributed by atoms with Gasteiger partial charge in [0, 0.05) is 23.6 Å². The van der Waals surface area contributed by atoms with Gasteiger partial charge in [-0.2, -0.15) is 5.26 Å². The summed E-state index contributed by atoms with van der Waals surface area (Å²) in [5.41, 5.74) is 2.59. The largest absolute Gasteiger partial charge is 0.493 e. The maximum Gasteiger partial charge on any atom is 0.127 e. The van der Waals surface area contributed by atoms with Crippen molar-refractivity contribution in [2.75, 3.05) is 19.7 Å². The maximum absolute atomic E-state index is 9.27. The first-order valence-corrected chi connectivity index (χ1v) is 7.30. The summed E-state index contributed by atoms with van der Waals surface area (Å²) in [6.07, 6.45) is 1.16. The van der Waals surface area contributed by atoms with Crippen molar-refractivity contribution in [1.29, 1.82) is 5.26 Å². The summed E-state index contributed by atoms with van der Waals surface area (Å²) in [5, 5.41) is 12.6. The Labute approximate surface area is 125 Å². The Morgan fingerprint density at radius 3 is 2.62 bits per heavy atom. The maximum atomic E-state index is 9.27. The third kappa shape index (κ3) is 3.07. The summed E-state index contributed by atoms with van der Waals surface area (Å²) in [6.45, 7) is 2.82. The number of nitrogens with zero attached hydrogens (tertiary/aromatic N) is 1. The highest BCUT2D eigenvalue weighted by atomic mass is 16.5. The van der Waals surface area contributed by atoms with Crippen LogP contribution in [0.1, 0.15) is 12.0 Å². The Hall–Kier alpha value is -2.31. The first-order chi connectivity index (χ1) is 10.4. The highest BCUT2D eigenvalue weighted by Crippen LogP contribution is 2.32. The summed E-state index contributed by atoms with van der Waals surface area (Å²) < 4.78 is 6.03. The van der Waals surface area contributed by atoms with E-state index in [1.165, 1.54) is 0 Å². The second kappa shape index (κ2) is 6.43. The van der Waals surface area contributed by atoms with Crippen LogP contribution in [0.4, 0.5) is 0 Å². The van der Waals surface area contributed by atoms with Crippen LogP contribution in [0.15, 0.2) is 48.5 Å².